The van der Waals surface area contributed by atoms with Gasteiger partial charge in [0.05, 0.1) is 6.26 Å². The van der Waals surface area contributed by atoms with Crippen LogP contribution >= 0.6 is 0 Å². The molecule has 0 fully saturated rings. The first-order valence-electron chi connectivity index (χ1n) is 4.33. The Kier molecular flexibility index (Phi) is 1.27. The third kappa shape index (κ3) is 0.967. The zero-order chi connectivity index (χ0) is 8.67. The van der Waals surface area contributed by atoms with Gasteiger partial charge in [0.2, 0.25) is 0 Å². The molecule has 13 heavy (non-hydrogen) atoms. The predicted molar refractivity (Wildman–Crippen MR) is 50.5 cm³/mol. The van der Waals surface area contributed by atoms with Gasteiger partial charge >= 0.3 is 0 Å². The average Bonchev–Trinajstić information content (AvgIpc) is 2.61. The molecule has 0 aromatic carbocycles. The SMILES string of the molecule is C1=Nc2nc3ccoc3cc2CC1. The lowest BCUT2D eigenvalue weighted by molar-refractivity contribution is 0.614. The molecule has 3 heteroatoms. The number of furan rings is 1. The third-order valence-electron chi connectivity index (χ3n) is 2.25. The number of nitrogens with zero attached hydrogens (tertiary/aromatic N) is 2. The Balaban J connectivity index is 2.36. The van der Waals surface area contributed by atoms with Crippen molar-refractivity contribution in [3.05, 3.63) is 24.0 Å². The molecule has 0 bridgehead atoms. The van der Waals surface area contributed by atoms with Gasteiger partial charge in [-0.15, -0.1) is 0 Å². The van der Waals surface area contributed by atoms with Crippen molar-refractivity contribution in [2.75, 3.05) is 0 Å². The fourth-order valence-corrected chi connectivity index (χ4v) is 1.59. The zero-order valence-corrected chi connectivity index (χ0v) is 7.03. The van der Waals surface area contributed by atoms with Gasteiger partial charge in [0.15, 0.2) is 11.4 Å². The largest absolute Gasteiger partial charge is 0.463 e. The fraction of sp³-hybridized carbons (Fsp3) is 0.200. The van der Waals surface area contributed by atoms with Crippen LogP contribution in [0.3, 0.4) is 0 Å². The summed E-state index contributed by atoms with van der Waals surface area (Å²) in [5.74, 6) is 0.847. The highest BCUT2D eigenvalue weighted by Gasteiger charge is 2.09. The number of hydrogen-bond donors (Lipinski definition) is 0. The summed E-state index contributed by atoms with van der Waals surface area (Å²) in [4.78, 5) is 8.63. The van der Waals surface area contributed by atoms with Gasteiger partial charge in [-0.25, -0.2) is 9.98 Å². The van der Waals surface area contributed by atoms with Gasteiger partial charge in [-0.3, -0.25) is 0 Å². The van der Waals surface area contributed by atoms with Crippen LogP contribution in [-0.4, -0.2) is 11.2 Å². The van der Waals surface area contributed by atoms with Crippen LogP contribution in [-0.2, 0) is 6.42 Å². The Labute approximate surface area is 75.1 Å². The Hall–Kier alpha value is -1.64. The molecule has 3 heterocycles. The molecular weight excluding hydrogens is 164 g/mol. The molecule has 0 spiro atoms. The van der Waals surface area contributed by atoms with E-state index in [0.29, 0.717) is 0 Å². The molecule has 3 rings (SSSR count). The van der Waals surface area contributed by atoms with Crippen LogP contribution in [0.1, 0.15) is 12.0 Å². The summed E-state index contributed by atoms with van der Waals surface area (Å²) in [7, 11) is 0. The monoisotopic (exact) mass is 172 g/mol. The van der Waals surface area contributed by atoms with Crippen LogP contribution < -0.4 is 0 Å². The average molecular weight is 172 g/mol. The molecule has 1 aliphatic rings. The minimum Gasteiger partial charge on any atom is -0.463 e. The summed E-state index contributed by atoms with van der Waals surface area (Å²) >= 11 is 0. The molecule has 0 N–H and O–H groups in total. The second-order valence-corrected chi connectivity index (χ2v) is 3.13. The molecule has 2 aromatic heterocycles. The lowest BCUT2D eigenvalue weighted by atomic mass is 10.1. The van der Waals surface area contributed by atoms with Crippen molar-refractivity contribution in [3.8, 4) is 0 Å². The summed E-state index contributed by atoms with van der Waals surface area (Å²) in [6, 6.07) is 3.90. The van der Waals surface area contributed by atoms with E-state index in [2.05, 4.69) is 9.98 Å². The maximum Gasteiger partial charge on any atom is 0.155 e. The van der Waals surface area contributed by atoms with E-state index >= 15 is 0 Å². The number of rotatable bonds is 0. The fourth-order valence-electron chi connectivity index (χ4n) is 1.59. The summed E-state index contributed by atoms with van der Waals surface area (Å²) in [6.07, 6.45) is 5.59. The van der Waals surface area contributed by atoms with E-state index in [-0.39, 0.29) is 0 Å². The second kappa shape index (κ2) is 2.42. The molecule has 0 saturated carbocycles. The molecule has 2 aromatic rings. The minimum absolute atomic E-state index is 0.847. The first kappa shape index (κ1) is 6.83. The van der Waals surface area contributed by atoms with Crippen LogP contribution in [0.4, 0.5) is 5.82 Å². The highest BCUT2D eigenvalue weighted by molar-refractivity contribution is 5.78. The quantitative estimate of drug-likeness (QED) is 0.612. The molecule has 0 aliphatic carbocycles. The number of aryl methyl sites for hydroxylation is 1. The maximum atomic E-state index is 5.27. The Morgan fingerprint density at radius 3 is 3.38 bits per heavy atom. The van der Waals surface area contributed by atoms with Crippen LogP contribution in [0.25, 0.3) is 11.1 Å². The Morgan fingerprint density at radius 2 is 2.38 bits per heavy atom. The van der Waals surface area contributed by atoms with Gasteiger partial charge in [-0.1, -0.05) is 0 Å². The molecular formula is C10H8N2O. The van der Waals surface area contributed by atoms with Gasteiger partial charge in [-0.2, -0.15) is 0 Å². The van der Waals surface area contributed by atoms with Crippen molar-refractivity contribution in [1.82, 2.24) is 4.98 Å². The Morgan fingerprint density at radius 1 is 1.38 bits per heavy atom. The van der Waals surface area contributed by atoms with Crippen molar-refractivity contribution in [2.24, 2.45) is 4.99 Å². The van der Waals surface area contributed by atoms with E-state index in [1.54, 1.807) is 6.26 Å². The Bertz CT molecular complexity index is 485. The zero-order valence-electron chi connectivity index (χ0n) is 7.03. The van der Waals surface area contributed by atoms with Crippen LogP contribution in [0, 0.1) is 0 Å². The molecule has 0 saturated heterocycles. The molecule has 64 valence electrons. The van der Waals surface area contributed by atoms with Crippen LogP contribution in [0.2, 0.25) is 0 Å². The number of aromatic nitrogens is 1. The number of pyridine rings is 1. The molecule has 0 unspecified atom stereocenters. The van der Waals surface area contributed by atoms with E-state index in [1.165, 1.54) is 5.56 Å². The normalized spacial score (nSPS) is 14.8. The minimum atomic E-state index is 0.847. The van der Waals surface area contributed by atoms with Crippen molar-refractivity contribution in [2.45, 2.75) is 12.8 Å². The highest BCUT2D eigenvalue weighted by atomic mass is 16.3. The lowest BCUT2D eigenvalue weighted by Crippen LogP contribution is -1.95. The van der Waals surface area contributed by atoms with Gasteiger partial charge in [-0.05, 0) is 18.9 Å². The van der Waals surface area contributed by atoms with E-state index in [1.807, 2.05) is 18.3 Å². The standard InChI is InChI=1S/C10H8N2O/c1-2-7-6-9-8(3-5-13-9)12-10(7)11-4-1/h3-6H,1-2H2. The van der Waals surface area contributed by atoms with E-state index in [4.69, 9.17) is 4.42 Å². The summed E-state index contributed by atoms with van der Waals surface area (Å²) in [6.45, 7) is 0. The molecule has 1 aliphatic heterocycles. The van der Waals surface area contributed by atoms with Crippen molar-refractivity contribution in [1.29, 1.82) is 0 Å². The number of hydrogen-bond acceptors (Lipinski definition) is 3. The van der Waals surface area contributed by atoms with E-state index in [0.717, 1.165) is 29.8 Å². The smallest absolute Gasteiger partial charge is 0.155 e. The van der Waals surface area contributed by atoms with Crippen molar-refractivity contribution >= 4 is 23.1 Å². The van der Waals surface area contributed by atoms with E-state index < -0.39 is 0 Å². The number of fused-ring (bicyclic) bond motifs is 2. The molecule has 0 radical (unpaired) electrons. The summed E-state index contributed by atoms with van der Waals surface area (Å²) < 4.78 is 5.27. The van der Waals surface area contributed by atoms with E-state index in [9.17, 15) is 0 Å². The molecule has 0 amide bonds. The highest BCUT2D eigenvalue weighted by Crippen LogP contribution is 2.26. The summed E-state index contributed by atoms with van der Waals surface area (Å²) in [5, 5.41) is 0. The first-order valence-corrected chi connectivity index (χ1v) is 4.33. The third-order valence-corrected chi connectivity index (χ3v) is 2.25. The lowest BCUT2D eigenvalue weighted by Gasteiger charge is -2.06. The van der Waals surface area contributed by atoms with Crippen molar-refractivity contribution in [3.63, 3.8) is 0 Å². The summed E-state index contributed by atoms with van der Waals surface area (Å²) in [5.41, 5.74) is 2.93. The molecule has 3 nitrogen and oxygen atoms in total. The van der Waals surface area contributed by atoms with Gasteiger partial charge in [0.25, 0.3) is 0 Å². The predicted octanol–water partition coefficient (Wildman–Crippen LogP) is 2.48. The van der Waals surface area contributed by atoms with Gasteiger partial charge in [0, 0.05) is 17.8 Å². The maximum absolute atomic E-state index is 5.27. The first-order chi connectivity index (χ1) is 6.43. The van der Waals surface area contributed by atoms with Gasteiger partial charge < -0.3 is 4.42 Å². The van der Waals surface area contributed by atoms with Crippen LogP contribution in [0.15, 0.2) is 27.8 Å². The second-order valence-electron chi connectivity index (χ2n) is 3.13. The number of aliphatic imine (C=N–C) groups is 1. The van der Waals surface area contributed by atoms with Gasteiger partial charge in [0.1, 0.15) is 5.52 Å². The molecule has 0 atom stereocenters. The van der Waals surface area contributed by atoms with Crippen LogP contribution in [0.5, 0.6) is 0 Å². The van der Waals surface area contributed by atoms with Crippen molar-refractivity contribution < 1.29 is 4.42 Å². The topological polar surface area (TPSA) is 38.4 Å².